The van der Waals surface area contributed by atoms with Crippen LogP contribution in [0.3, 0.4) is 0 Å². The van der Waals surface area contributed by atoms with Crippen molar-refractivity contribution in [3.63, 3.8) is 0 Å². The van der Waals surface area contributed by atoms with E-state index in [1.807, 2.05) is 13.8 Å². The first-order chi connectivity index (χ1) is 8.15. The van der Waals surface area contributed by atoms with Gasteiger partial charge in [0.25, 0.3) is 0 Å². The van der Waals surface area contributed by atoms with Gasteiger partial charge in [-0.2, -0.15) is 0 Å². The monoisotopic (exact) mass is 242 g/mol. The molecule has 0 aromatic heterocycles. The first kappa shape index (κ1) is 15.7. The van der Waals surface area contributed by atoms with Gasteiger partial charge in [-0.15, -0.1) is 0 Å². The first-order valence-electron chi connectivity index (χ1n) is 6.17. The first-order valence-corrected chi connectivity index (χ1v) is 6.17. The molecule has 0 heterocycles. The average molecular weight is 242 g/mol. The Balaban J connectivity index is 4.18. The maximum absolute atomic E-state index is 11.6. The van der Waals surface area contributed by atoms with Crippen LogP contribution in [0.4, 0.5) is 0 Å². The van der Waals surface area contributed by atoms with Crippen molar-refractivity contribution in [2.45, 2.75) is 46.5 Å². The molecule has 0 atom stereocenters. The second-order valence-corrected chi connectivity index (χ2v) is 3.64. The standard InChI is InChI=1S/C13H22O4/c1-4-7-9-16-13(15)11(8-5-2)10-17-12(14)6-3/h8H,4-7,9-10H2,1-3H3. The summed E-state index contributed by atoms with van der Waals surface area (Å²) >= 11 is 0. The van der Waals surface area contributed by atoms with Crippen molar-refractivity contribution in [1.82, 2.24) is 0 Å². The molecule has 0 spiro atoms. The van der Waals surface area contributed by atoms with E-state index in [2.05, 4.69) is 0 Å². The van der Waals surface area contributed by atoms with Crippen LogP contribution in [0.5, 0.6) is 0 Å². The van der Waals surface area contributed by atoms with E-state index < -0.39 is 0 Å². The Bertz CT molecular complexity index is 269. The number of hydrogen-bond acceptors (Lipinski definition) is 4. The summed E-state index contributed by atoms with van der Waals surface area (Å²) in [6.07, 6.45) is 4.58. The van der Waals surface area contributed by atoms with Crippen molar-refractivity contribution in [2.75, 3.05) is 13.2 Å². The van der Waals surface area contributed by atoms with Crippen LogP contribution >= 0.6 is 0 Å². The molecule has 0 fully saturated rings. The van der Waals surface area contributed by atoms with E-state index in [4.69, 9.17) is 9.47 Å². The van der Waals surface area contributed by atoms with Gasteiger partial charge < -0.3 is 9.47 Å². The summed E-state index contributed by atoms with van der Waals surface area (Å²) < 4.78 is 9.99. The summed E-state index contributed by atoms with van der Waals surface area (Å²) in [7, 11) is 0. The minimum Gasteiger partial charge on any atom is -0.462 e. The SMILES string of the molecule is CCC=C(COC(=O)CC)C(=O)OCCCC. The number of carbonyl (C=O) groups excluding carboxylic acids is 2. The van der Waals surface area contributed by atoms with E-state index in [1.54, 1.807) is 13.0 Å². The largest absolute Gasteiger partial charge is 0.462 e. The molecule has 0 saturated heterocycles. The van der Waals surface area contributed by atoms with Gasteiger partial charge in [0, 0.05) is 6.42 Å². The lowest BCUT2D eigenvalue weighted by molar-refractivity contribution is -0.144. The Labute approximate surface area is 103 Å². The molecule has 0 saturated carbocycles. The van der Waals surface area contributed by atoms with Gasteiger partial charge in [-0.25, -0.2) is 4.79 Å². The number of carbonyl (C=O) groups is 2. The molecule has 0 N–H and O–H groups in total. The second-order valence-electron chi connectivity index (χ2n) is 3.64. The topological polar surface area (TPSA) is 52.6 Å². The predicted molar refractivity (Wildman–Crippen MR) is 65.5 cm³/mol. The number of unbranched alkanes of at least 4 members (excludes halogenated alkanes) is 1. The maximum atomic E-state index is 11.6. The molecule has 0 unspecified atom stereocenters. The van der Waals surface area contributed by atoms with Gasteiger partial charge >= 0.3 is 11.9 Å². The van der Waals surface area contributed by atoms with Crippen molar-refractivity contribution in [3.8, 4) is 0 Å². The van der Waals surface area contributed by atoms with Gasteiger partial charge in [0.15, 0.2) is 0 Å². The van der Waals surface area contributed by atoms with Crippen LogP contribution in [0.25, 0.3) is 0 Å². The zero-order chi connectivity index (χ0) is 13.1. The highest BCUT2D eigenvalue weighted by Gasteiger charge is 2.12. The lowest BCUT2D eigenvalue weighted by Gasteiger charge is -2.08. The fourth-order valence-electron chi connectivity index (χ4n) is 1.11. The number of esters is 2. The molecule has 0 radical (unpaired) electrons. The number of hydrogen-bond donors (Lipinski definition) is 0. The molecule has 0 bridgehead atoms. The van der Waals surface area contributed by atoms with Gasteiger partial charge in [-0.05, 0) is 12.8 Å². The highest BCUT2D eigenvalue weighted by atomic mass is 16.5. The van der Waals surface area contributed by atoms with Gasteiger partial charge in [0.1, 0.15) is 6.61 Å². The Morgan fingerprint density at radius 3 is 2.35 bits per heavy atom. The van der Waals surface area contributed by atoms with Crippen LogP contribution in [0, 0.1) is 0 Å². The van der Waals surface area contributed by atoms with Crippen LogP contribution in [0.1, 0.15) is 46.5 Å². The third-order valence-electron chi connectivity index (χ3n) is 2.12. The van der Waals surface area contributed by atoms with Crippen molar-refractivity contribution < 1.29 is 19.1 Å². The molecule has 0 amide bonds. The molecule has 4 heteroatoms. The highest BCUT2D eigenvalue weighted by Crippen LogP contribution is 2.03. The zero-order valence-electron chi connectivity index (χ0n) is 11.0. The lowest BCUT2D eigenvalue weighted by atomic mass is 10.2. The van der Waals surface area contributed by atoms with Crippen molar-refractivity contribution in [3.05, 3.63) is 11.6 Å². The Hall–Kier alpha value is -1.32. The second kappa shape index (κ2) is 9.87. The third-order valence-corrected chi connectivity index (χ3v) is 2.12. The molecule has 0 rings (SSSR count). The molecule has 0 aliphatic heterocycles. The van der Waals surface area contributed by atoms with Crippen LogP contribution in [0.15, 0.2) is 11.6 Å². The zero-order valence-corrected chi connectivity index (χ0v) is 11.0. The van der Waals surface area contributed by atoms with Gasteiger partial charge in [0.2, 0.25) is 0 Å². The van der Waals surface area contributed by atoms with E-state index in [-0.39, 0.29) is 18.5 Å². The van der Waals surface area contributed by atoms with E-state index in [9.17, 15) is 9.59 Å². The minimum atomic E-state index is -0.385. The van der Waals surface area contributed by atoms with E-state index >= 15 is 0 Å². The van der Waals surface area contributed by atoms with E-state index in [0.717, 1.165) is 12.8 Å². The summed E-state index contributed by atoms with van der Waals surface area (Å²) in [4.78, 5) is 22.6. The Morgan fingerprint density at radius 2 is 1.82 bits per heavy atom. The van der Waals surface area contributed by atoms with Crippen molar-refractivity contribution >= 4 is 11.9 Å². The smallest absolute Gasteiger partial charge is 0.337 e. The molecule has 17 heavy (non-hydrogen) atoms. The quantitative estimate of drug-likeness (QED) is 0.373. The van der Waals surface area contributed by atoms with E-state index in [1.165, 1.54) is 0 Å². The minimum absolute atomic E-state index is 0.00543. The number of allylic oxidation sites excluding steroid dienone is 1. The summed E-state index contributed by atoms with van der Waals surface area (Å²) in [6.45, 7) is 6.08. The van der Waals surface area contributed by atoms with Crippen LogP contribution in [-0.2, 0) is 19.1 Å². The highest BCUT2D eigenvalue weighted by molar-refractivity contribution is 5.89. The van der Waals surface area contributed by atoms with Crippen LogP contribution in [0.2, 0.25) is 0 Å². The molecule has 0 aliphatic rings. The molecule has 0 aromatic carbocycles. The van der Waals surface area contributed by atoms with Crippen molar-refractivity contribution in [2.24, 2.45) is 0 Å². The molecule has 0 aliphatic carbocycles. The number of ether oxygens (including phenoxy) is 2. The van der Waals surface area contributed by atoms with Crippen LogP contribution < -0.4 is 0 Å². The lowest BCUT2D eigenvalue weighted by Crippen LogP contribution is -2.15. The van der Waals surface area contributed by atoms with Gasteiger partial charge in [0.05, 0.1) is 12.2 Å². The van der Waals surface area contributed by atoms with E-state index in [0.29, 0.717) is 25.0 Å². The molecule has 4 nitrogen and oxygen atoms in total. The summed E-state index contributed by atoms with van der Waals surface area (Å²) in [5.41, 5.74) is 0.422. The summed E-state index contributed by atoms with van der Waals surface area (Å²) in [5.74, 6) is -0.697. The fourth-order valence-corrected chi connectivity index (χ4v) is 1.11. The Kier molecular flexibility index (Phi) is 9.11. The molecular weight excluding hydrogens is 220 g/mol. The molecule has 98 valence electrons. The average Bonchev–Trinajstić information content (AvgIpc) is 2.34. The summed E-state index contributed by atoms with van der Waals surface area (Å²) in [6, 6.07) is 0. The fraction of sp³-hybridized carbons (Fsp3) is 0.692. The van der Waals surface area contributed by atoms with Gasteiger partial charge in [-0.1, -0.05) is 33.3 Å². The Morgan fingerprint density at radius 1 is 1.12 bits per heavy atom. The van der Waals surface area contributed by atoms with Crippen LogP contribution in [-0.4, -0.2) is 25.2 Å². The molecule has 0 aromatic rings. The van der Waals surface area contributed by atoms with Gasteiger partial charge in [-0.3, -0.25) is 4.79 Å². The number of rotatable bonds is 8. The summed E-state index contributed by atoms with van der Waals surface area (Å²) in [5, 5.41) is 0. The predicted octanol–water partition coefficient (Wildman–Crippen LogP) is 2.62. The maximum Gasteiger partial charge on any atom is 0.337 e. The third kappa shape index (κ3) is 7.55. The van der Waals surface area contributed by atoms with Crippen molar-refractivity contribution in [1.29, 1.82) is 0 Å². The normalized spacial score (nSPS) is 11.1. The molecular formula is C13H22O4.